The van der Waals surface area contributed by atoms with Crippen LogP contribution in [0.15, 0.2) is 91.0 Å². The lowest BCUT2D eigenvalue weighted by Crippen LogP contribution is -2.03. The zero-order valence-corrected chi connectivity index (χ0v) is 16.8. The van der Waals surface area contributed by atoms with Gasteiger partial charge in [-0.2, -0.15) is 0 Å². The van der Waals surface area contributed by atoms with Gasteiger partial charge in [0.2, 0.25) is 0 Å². The third-order valence-electron chi connectivity index (χ3n) is 5.12. The fourth-order valence-corrected chi connectivity index (χ4v) is 3.52. The highest BCUT2D eigenvalue weighted by molar-refractivity contribution is 5.90. The molecule has 0 amide bonds. The second kappa shape index (κ2) is 9.29. The van der Waals surface area contributed by atoms with Crippen molar-refractivity contribution in [2.24, 2.45) is 0 Å². The lowest BCUT2D eigenvalue weighted by Gasteiger charge is -2.14. The van der Waals surface area contributed by atoms with Gasteiger partial charge in [-0.3, -0.25) is 0 Å². The summed E-state index contributed by atoms with van der Waals surface area (Å²) in [5.41, 5.74) is 3.74. The van der Waals surface area contributed by atoms with Crippen LogP contribution >= 0.6 is 0 Å². The molecule has 0 N–H and O–H groups in total. The molecule has 0 radical (unpaired) electrons. The Hall–Kier alpha value is -3.26. The van der Waals surface area contributed by atoms with Crippen molar-refractivity contribution in [1.82, 2.24) is 0 Å². The highest BCUT2D eigenvalue weighted by Gasteiger charge is 2.08. The van der Waals surface area contributed by atoms with E-state index in [1.807, 2.05) is 18.2 Å². The van der Waals surface area contributed by atoms with E-state index < -0.39 is 0 Å². The summed E-state index contributed by atoms with van der Waals surface area (Å²) in [5, 5.41) is 2.27. The van der Waals surface area contributed by atoms with E-state index in [1.54, 1.807) is 0 Å². The van der Waals surface area contributed by atoms with Crippen molar-refractivity contribution in [2.75, 3.05) is 13.2 Å². The molecule has 29 heavy (non-hydrogen) atoms. The Labute approximate surface area is 172 Å². The van der Waals surface area contributed by atoms with E-state index in [0.29, 0.717) is 13.2 Å². The molecular weight excluding hydrogens is 356 g/mol. The van der Waals surface area contributed by atoms with Gasteiger partial charge in [0, 0.05) is 18.2 Å². The first-order chi connectivity index (χ1) is 14.3. The average Bonchev–Trinajstić information content (AvgIpc) is 2.77. The maximum atomic E-state index is 6.19. The van der Waals surface area contributed by atoms with Crippen LogP contribution in [0.2, 0.25) is 0 Å². The molecule has 0 aliphatic rings. The number of aryl methyl sites for hydroxylation is 1. The molecule has 0 aliphatic carbocycles. The van der Waals surface area contributed by atoms with E-state index in [2.05, 4.69) is 79.7 Å². The monoisotopic (exact) mass is 382 g/mol. The number of hydrogen-bond acceptors (Lipinski definition) is 2. The van der Waals surface area contributed by atoms with E-state index >= 15 is 0 Å². The summed E-state index contributed by atoms with van der Waals surface area (Å²) in [6.07, 6.45) is 1.80. The second-order valence-electron chi connectivity index (χ2n) is 7.26. The summed E-state index contributed by atoms with van der Waals surface area (Å²) in [7, 11) is 0. The number of ether oxygens (including phenoxy) is 2. The summed E-state index contributed by atoms with van der Waals surface area (Å²) in [6.45, 7) is 3.43. The second-order valence-corrected chi connectivity index (χ2v) is 7.26. The molecule has 4 aromatic rings. The van der Waals surface area contributed by atoms with Crippen molar-refractivity contribution >= 4 is 10.8 Å². The molecule has 0 unspecified atom stereocenters. The van der Waals surface area contributed by atoms with Gasteiger partial charge in [-0.1, -0.05) is 72.8 Å². The van der Waals surface area contributed by atoms with Gasteiger partial charge < -0.3 is 9.47 Å². The van der Waals surface area contributed by atoms with Gasteiger partial charge in [0.1, 0.15) is 11.5 Å². The van der Waals surface area contributed by atoms with E-state index in [1.165, 1.54) is 11.1 Å². The standard InChI is InChI=1S/C27H26O2/c1-21-12-13-24-20-25(28-18-16-22-8-4-2-5-9-22)14-15-26(24)27(21)29-19-17-23-10-6-3-7-11-23/h2-15,20H,16-19H2,1H3. The van der Waals surface area contributed by atoms with Crippen molar-refractivity contribution in [3.8, 4) is 11.5 Å². The molecule has 4 rings (SSSR count). The van der Waals surface area contributed by atoms with Gasteiger partial charge in [-0.25, -0.2) is 0 Å². The van der Waals surface area contributed by atoms with Gasteiger partial charge in [0.25, 0.3) is 0 Å². The van der Waals surface area contributed by atoms with Crippen LogP contribution in [0.3, 0.4) is 0 Å². The van der Waals surface area contributed by atoms with Crippen LogP contribution in [0.4, 0.5) is 0 Å². The average molecular weight is 383 g/mol. The van der Waals surface area contributed by atoms with E-state index in [9.17, 15) is 0 Å². The van der Waals surface area contributed by atoms with Crippen LogP contribution in [0, 0.1) is 6.92 Å². The molecule has 0 atom stereocenters. The van der Waals surface area contributed by atoms with Crippen LogP contribution in [0.5, 0.6) is 11.5 Å². The molecule has 2 heteroatoms. The van der Waals surface area contributed by atoms with Crippen molar-refractivity contribution in [2.45, 2.75) is 19.8 Å². The fraction of sp³-hybridized carbons (Fsp3) is 0.185. The van der Waals surface area contributed by atoms with Gasteiger partial charge in [-0.05, 0) is 47.2 Å². The summed E-state index contributed by atoms with van der Waals surface area (Å²) in [5.74, 6) is 1.86. The van der Waals surface area contributed by atoms with Gasteiger partial charge >= 0.3 is 0 Å². The normalized spacial score (nSPS) is 10.8. The summed E-state index contributed by atoms with van der Waals surface area (Å²) in [4.78, 5) is 0. The molecular formula is C27H26O2. The highest BCUT2D eigenvalue weighted by atomic mass is 16.5. The Morgan fingerprint density at radius 2 is 1.24 bits per heavy atom. The minimum atomic E-state index is 0.666. The lowest BCUT2D eigenvalue weighted by atomic mass is 10.1. The van der Waals surface area contributed by atoms with Crippen molar-refractivity contribution in [3.63, 3.8) is 0 Å². The van der Waals surface area contributed by atoms with Gasteiger partial charge in [0.05, 0.1) is 13.2 Å². The van der Waals surface area contributed by atoms with E-state index in [-0.39, 0.29) is 0 Å². The molecule has 0 heterocycles. The Balaban J connectivity index is 1.42. The molecule has 0 saturated heterocycles. The molecule has 0 aliphatic heterocycles. The van der Waals surface area contributed by atoms with E-state index in [4.69, 9.17) is 9.47 Å². The quantitative estimate of drug-likeness (QED) is 0.351. The Kier molecular flexibility index (Phi) is 6.11. The van der Waals surface area contributed by atoms with Gasteiger partial charge in [-0.15, -0.1) is 0 Å². The third-order valence-corrected chi connectivity index (χ3v) is 5.12. The first kappa shape index (κ1) is 19.1. The summed E-state index contributed by atoms with van der Waals surface area (Å²) in [6, 6.07) is 31.4. The zero-order valence-electron chi connectivity index (χ0n) is 16.8. The van der Waals surface area contributed by atoms with Crippen LogP contribution in [0.25, 0.3) is 10.8 Å². The predicted octanol–water partition coefficient (Wildman–Crippen LogP) is 6.39. The predicted molar refractivity (Wildman–Crippen MR) is 120 cm³/mol. The molecule has 4 aromatic carbocycles. The third kappa shape index (κ3) is 4.97. The van der Waals surface area contributed by atoms with Crippen molar-refractivity contribution in [1.29, 1.82) is 0 Å². The number of fused-ring (bicyclic) bond motifs is 1. The first-order valence-electron chi connectivity index (χ1n) is 10.2. The van der Waals surface area contributed by atoms with Crippen molar-refractivity contribution in [3.05, 3.63) is 108 Å². The molecule has 0 fully saturated rings. The van der Waals surface area contributed by atoms with Crippen LogP contribution in [-0.4, -0.2) is 13.2 Å². The highest BCUT2D eigenvalue weighted by Crippen LogP contribution is 2.32. The zero-order chi connectivity index (χ0) is 19.9. The topological polar surface area (TPSA) is 18.5 Å². The SMILES string of the molecule is Cc1ccc2cc(OCCc3ccccc3)ccc2c1OCCc1ccccc1. The molecule has 2 nitrogen and oxygen atoms in total. The molecule has 0 saturated carbocycles. The van der Waals surface area contributed by atoms with E-state index in [0.717, 1.165) is 40.7 Å². The minimum Gasteiger partial charge on any atom is -0.493 e. The van der Waals surface area contributed by atoms with Gasteiger partial charge in [0.15, 0.2) is 0 Å². The first-order valence-corrected chi connectivity index (χ1v) is 10.2. The molecule has 0 aromatic heterocycles. The molecule has 146 valence electrons. The lowest BCUT2D eigenvalue weighted by molar-refractivity contribution is 0.321. The van der Waals surface area contributed by atoms with Crippen LogP contribution < -0.4 is 9.47 Å². The summed E-state index contributed by atoms with van der Waals surface area (Å²) < 4.78 is 12.2. The van der Waals surface area contributed by atoms with Crippen LogP contribution in [0.1, 0.15) is 16.7 Å². The Morgan fingerprint density at radius 3 is 1.90 bits per heavy atom. The smallest absolute Gasteiger partial charge is 0.130 e. The number of hydrogen-bond donors (Lipinski definition) is 0. The maximum absolute atomic E-state index is 6.19. The fourth-order valence-electron chi connectivity index (χ4n) is 3.52. The number of benzene rings is 4. The Morgan fingerprint density at radius 1 is 0.621 bits per heavy atom. The maximum Gasteiger partial charge on any atom is 0.130 e. The van der Waals surface area contributed by atoms with Crippen molar-refractivity contribution < 1.29 is 9.47 Å². The number of rotatable bonds is 8. The molecule has 0 bridgehead atoms. The summed E-state index contributed by atoms with van der Waals surface area (Å²) >= 11 is 0. The van der Waals surface area contributed by atoms with Crippen LogP contribution in [-0.2, 0) is 12.8 Å². The molecule has 0 spiro atoms. The minimum absolute atomic E-state index is 0.666. The largest absolute Gasteiger partial charge is 0.493 e. The Bertz CT molecular complexity index is 1060.